The van der Waals surface area contributed by atoms with Crippen LogP contribution in [0.3, 0.4) is 0 Å². The van der Waals surface area contributed by atoms with Crippen molar-refractivity contribution in [1.29, 1.82) is 0 Å². The van der Waals surface area contributed by atoms with Gasteiger partial charge in [-0.1, -0.05) is 30.2 Å². The number of carbonyl (C=O) groups is 3. The minimum atomic E-state index is -5.08. The monoisotopic (exact) mass is 584 g/mol. The van der Waals surface area contributed by atoms with E-state index in [9.17, 15) is 27.9 Å². The molecule has 2 heterocycles. The van der Waals surface area contributed by atoms with Gasteiger partial charge in [-0.25, -0.2) is 9.59 Å². The number of benzene rings is 2. The molecule has 4 N–H and O–H groups in total. The Bertz CT molecular complexity index is 1130. The fraction of sp³-hybridized carbons (Fsp3) is 0.444. The third-order valence-electron chi connectivity index (χ3n) is 6.78. The van der Waals surface area contributed by atoms with E-state index in [0.717, 1.165) is 25.9 Å². The Kier molecular flexibility index (Phi) is 11.0. The topological polar surface area (TPSA) is 122 Å². The normalized spacial score (nSPS) is 17.2. The fourth-order valence-electron chi connectivity index (χ4n) is 4.70. The molecule has 2 aromatic rings. The molecule has 13 heteroatoms. The number of nitrogens with one attached hydrogen (secondary N) is 2. The van der Waals surface area contributed by atoms with Gasteiger partial charge < -0.3 is 30.6 Å². The van der Waals surface area contributed by atoms with Crippen LogP contribution in [-0.2, 0) is 9.59 Å². The summed E-state index contributed by atoms with van der Waals surface area (Å²) in [4.78, 5) is 39.5. The lowest BCUT2D eigenvalue weighted by atomic mass is 9.98. The van der Waals surface area contributed by atoms with E-state index in [1.807, 2.05) is 4.90 Å². The molecule has 0 unspecified atom stereocenters. The van der Waals surface area contributed by atoms with Gasteiger partial charge in [0.1, 0.15) is 11.8 Å². The van der Waals surface area contributed by atoms with Crippen LogP contribution in [-0.4, -0.2) is 76.3 Å². The van der Waals surface area contributed by atoms with Gasteiger partial charge in [0.2, 0.25) is 5.91 Å². The predicted octanol–water partition coefficient (Wildman–Crippen LogP) is 5.02. The molecule has 2 fully saturated rings. The number of urea groups is 1. The molecule has 2 aliphatic heterocycles. The van der Waals surface area contributed by atoms with E-state index >= 15 is 0 Å². The van der Waals surface area contributed by atoms with E-state index in [1.54, 1.807) is 36.4 Å². The van der Waals surface area contributed by atoms with Crippen LogP contribution in [0.1, 0.15) is 43.7 Å². The van der Waals surface area contributed by atoms with E-state index < -0.39 is 24.2 Å². The molecular weight excluding hydrogens is 553 g/mol. The minimum Gasteiger partial charge on any atom is -0.508 e. The van der Waals surface area contributed by atoms with Gasteiger partial charge in [0, 0.05) is 29.8 Å². The zero-order valence-electron chi connectivity index (χ0n) is 21.7. The molecular formula is C27H32ClF3N4O5. The van der Waals surface area contributed by atoms with Crippen LogP contribution >= 0.6 is 11.6 Å². The highest BCUT2D eigenvalue weighted by Gasteiger charge is 2.38. The molecule has 2 saturated heterocycles. The molecule has 0 bridgehead atoms. The summed E-state index contributed by atoms with van der Waals surface area (Å²) in [7, 11) is 0. The first kappa shape index (κ1) is 31.0. The zero-order valence-corrected chi connectivity index (χ0v) is 22.4. The first-order chi connectivity index (χ1) is 18.9. The van der Waals surface area contributed by atoms with Crippen LogP contribution in [0.4, 0.5) is 23.7 Å². The number of anilines is 1. The van der Waals surface area contributed by atoms with E-state index in [1.165, 1.54) is 31.4 Å². The number of amides is 3. The molecule has 9 nitrogen and oxygen atoms in total. The molecule has 0 radical (unpaired) electrons. The quantitative estimate of drug-likeness (QED) is 0.392. The van der Waals surface area contributed by atoms with E-state index in [4.69, 9.17) is 21.5 Å². The number of nitrogens with zero attached hydrogens (tertiary/aromatic N) is 2. The Morgan fingerprint density at radius 3 is 1.98 bits per heavy atom. The summed E-state index contributed by atoms with van der Waals surface area (Å²) in [6.45, 7) is 3.66. The van der Waals surface area contributed by atoms with Crippen molar-refractivity contribution in [2.24, 2.45) is 0 Å². The van der Waals surface area contributed by atoms with Gasteiger partial charge in [-0.05, 0) is 80.7 Å². The average Bonchev–Trinajstić information content (AvgIpc) is 2.94. The largest absolute Gasteiger partial charge is 0.508 e. The fourth-order valence-corrected chi connectivity index (χ4v) is 4.83. The molecule has 3 amide bonds. The van der Waals surface area contributed by atoms with Gasteiger partial charge >= 0.3 is 18.2 Å². The predicted molar refractivity (Wildman–Crippen MR) is 143 cm³/mol. The number of hydrogen-bond donors (Lipinski definition) is 4. The van der Waals surface area contributed by atoms with Crippen molar-refractivity contribution in [2.45, 2.75) is 50.4 Å². The number of carbonyl (C=O) groups excluding carboxylic acids is 2. The highest BCUT2D eigenvalue weighted by atomic mass is 35.5. The Labute approximate surface area is 234 Å². The third kappa shape index (κ3) is 9.30. The maximum atomic E-state index is 13.5. The van der Waals surface area contributed by atoms with E-state index in [0.29, 0.717) is 35.4 Å². The molecule has 0 aromatic heterocycles. The lowest BCUT2D eigenvalue weighted by molar-refractivity contribution is -0.192. The lowest BCUT2D eigenvalue weighted by Gasteiger charge is -2.41. The number of carboxylic acid groups (broad SMARTS) is 1. The van der Waals surface area contributed by atoms with Gasteiger partial charge in [-0.2, -0.15) is 13.2 Å². The second kappa shape index (κ2) is 14.2. The van der Waals surface area contributed by atoms with Crippen LogP contribution in [0.25, 0.3) is 0 Å². The van der Waals surface area contributed by atoms with Gasteiger partial charge in [0.25, 0.3) is 0 Å². The van der Waals surface area contributed by atoms with Crippen molar-refractivity contribution in [3.8, 4) is 5.75 Å². The molecule has 4 rings (SSSR count). The second-order valence-electron chi connectivity index (χ2n) is 9.59. The van der Waals surface area contributed by atoms with Crippen LogP contribution in [0.5, 0.6) is 5.75 Å². The Morgan fingerprint density at radius 1 is 0.900 bits per heavy atom. The third-order valence-corrected chi connectivity index (χ3v) is 7.03. The highest BCUT2D eigenvalue weighted by molar-refractivity contribution is 6.30. The Hall–Kier alpha value is -3.51. The van der Waals surface area contributed by atoms with Crippen molar-refractivity contribution in [2.75, 3.05) is 31.5 Å². The van der Waals surface area contributed by atoms with Gasteiger partial charge in [0.15, 0.2) is 0 Å². The maximum Gasteiger partial charge on any atom is 0.490 e. The number of phenols is 1. The number of phenolic OH excluding ortho intramolecular Hbond substituents is 1. The number of piperidine rings is 2. The number of halogens is 4. The minimum absolute atomic E-state index is 0.109. The first-order valence-corrected chi connectivity index (χ1v) is 13.3. The van der Waals surface area contributed by atoms with E-state index in [-0.39, 0.29) is 11.7 Å². The summed E-state index contributed by atoms with van der Waals surface area (Å²) in [5.74, 6) is -2.78. The molecule has 40 heavy (non-hydrogen) atoms. The second-order valence-corrected chi connectivity index (χ2v) is 10.0. The van der Waals surface area contributed by atoms with E-state index in [2.05, 4.69) is 15.5 Å². The summed E-state index contributed by atoms with van der Waals surface area (Å²) < 4.78 is 31.7. The van der Waals surface area contributed by atoms with Crippen LogP contribution in [0.2, 0.25) is 5.02 Å². The first-order valence-electron chi connectivity index (χ1n) is 12.9. The van der Waals surface area contributed by atoms with Gasteiger partial charge in [0.05, 0.1) is 0 Å². The lowest BCUT2D eigenvalue weighted by Crippen LogP contribution is -2.51. The number of likely N-dealkylation sites (tertiary alicyclic amines) is 2. The summed E-state index contributed by atoms with van der Waals surface area (Å²) in [6, 6.07) is 12.4. The molecule has 218 valence electrons. The summed E-state index contributed by atoms with van der Waals surface area (Å²) >= 11 is 5.91. The molecule has 0 spiro atoms. The number of rotatable bonds is 5. The van der Waals surface area contributed by atoms with Crippen molar-refractivity contribution in [3.05, 3.63) is 59.1 Å². The van der Waals surface area contributed by atoms with Crippen molar-refractivity contribution in [1.82, 2.24) is 15.1 Å². The number of carboxylic acids is 1. The SMILES string of the molecule is O=C(Nc1ccc(Cl)cc1)N[C@@H](C(=O)N1CCC(N2CCCCC2)CC1)c1ccc(O)cc1.O=C(O)C(F)(F)F. The van der Waals surface area contributed by atoms with Crippen molar-refractivity contribution >= 4 is 35.2 Å². The van der Waals surface area contributed by atoms with Crippen molar-refractivity contribution < 1.29 is 37.8 Å². The van der Waals surface area contributed by atoms with Crippen LogP contribution < -0.4 is 10.6 Å². The molecule has 1 atom stereocenters. The van der Waals surface area contributed by atoms with Crippen LogP contribution in [0.15, 0.2) is 48.5 Å². The summed E-state index contributed by atoms with van der Waals surface area (Å²) in [6.07, 6.45) is 0.644. The zero-order chi connectivity index (χ0) is 29.3. The molecule has 0 aliphatic carbocycles. The number of aliphatic carboxylic acids is 1. The van der Waals surface area contributed by atoms with Gasteiger partial charge in [-0.15, -0.1) is 0 Å². The average molecular weight is 585 g/mol. The van der Waals surface area contributed by atoms with Crippen LogP contribution in [0, 0.1) is 0 Å². The standard InChI is InChI=1S/C25H31ClN4O3.C2HF3O2/c26-19-6-8-20(9-7-19)27-25(33)28-23(18-4-10-22(31)11-5-18)24(32)30-16-12-21(13-17-30)29-14-2-1-3-15-29;3-2(4,5)1(6)7/h4-11,21,23,31H,1-3,12-17H2,(H2,27,28,33);(H,6,7)/t23-;/m1./s1. The molecule has 2 aliphatic rings. The maximum absolute atomic E-state index is 13.5. The Morgan fingerprint density at radius 2 is 1.45 bits per heavy atom. The Balaban J connectivity index is 0.000000559. The number of alkyl halides is 3. The number of hydrogen-bond acceptors (Lipinski definition) is 5. The molecule has 0 saturated carbocycles. The highest BCUT2D eigenvalue weighted by Crippen LogP contribution is 2.25. The molecule has 2 aromatic carbocycles. The summed E-state index contributed by atoms with van der Waals surface area (Å²) in [5.41, 5.74) is 1.21. The smallest absolute Gasteiger partial charge is 0.490 e. The van der Waals surface area contributed by atoms with Crippen molar-refractivity contribution in [3.63, 3.8) is 0 Å². The van der Waals surface area contributed by atoms with Gasteiger partial charge in [-0.3, -0.25) is 4.79 Å². The number of aromatic hydroxyl groups is 1. The summed E-state index contributed by atoms with van der Waals surface area (Å²) in [5, 5.41) is 22.9.